The first kappa shape index (κ1) is 17.9. The first-order valence-electron chi connectivity index (χ1n) is 9.05. The molecule has 3 rings (SSSR count). The van der Waals surface area contributed by atoms with Crippen LogP contribution in [0.1, 0.15) is 49.4 Å². The molecule has 25 heavy (non-hydrogen) atoms. The third-order valence-corrected chi connectivity index (χ3v) is 4.73. The van der Waals surface area contributed by atoms with E-state index in [0.29, 0.717) is 42.7 Å². The van der Waals surface area contributed by atoms with E-state index in [4.69, 9.17) is 15.2 Å². The van der Waals surface area contributed by atoms with Gasteiger partial charge in [-0.15, -0.1) is 0 Å². The lowest BCUT2D eigenvalue weighted by Gasteiger charge is -2.29. The van der Waals surface area contributed by atoms with E-state index in [1.165, 1.54) is 6.20 Å². The maximum absolute atomic E-state index is 11.6. The number of rotatable bonds is 7. The Morgan fingerprint density at radius 1 is 1.28 bits per heavy atom. The molecular weight excluding hydrogens is 322 g/mol. The molecule has 1 saturated heterocycles. The molecule has 138 valence electrons. The van der Waals surface area contributed by atoms with Crippen LogP contribution >= 0.6 is 0 Å². The monoisotopic (exact) mass is 349 g/mol. The number of carbonyl (C=O) groups excluding carboxylic acids is 1. The summed E-state index contributed by atoms with van der Waals surface area (Å²) in [5.41, 5.74) is 5.75. The molecule has 0 bridgehead atoms. The minimum absolute atomic E-state index is 0.141. The highest BCUT2D eigenvalue weighted by molar-refractivity contribution is 5.97. The fourth-order valence-electron chi connectivity index (χ4n) is 3.38. The van der Waals surface area contributed by atoms with E-state index >= 15 is 0 Å². The molecule has 1 aromatic rings. The summed E-state index contributed by atoms with van der Waals surface area (Å²) in [5, 5.41) is 6.63. The highest BCUT2D eigenvalue weighted by Gasteiger charge is 2.23. The highest BCUT2D eigenvalue weighted by Crippen LogP contribution is 2.24. The van der Waals surface area contributed by atoms with Crippen LogP contribution in [0.3, 0.4) is 0 Å². The summed E-state index contributed by atoms with van der Waals surface area (Å²) in [6, 6.07) is 0.460. The van der Waals surface area contributed by atoms with E-state index in [2.05, 4.69) is 20.6 Å². The van der Waals surface area contributed by atoms with Crippen molar-refractivity contribution in [3.05, 3.63) is 11.8 Å². The molecule has 0 radical (unpaired) electrons. The minimum Gasteiger partial charge on any atom is -0.379 e. The normalized spacial score (nSPS) is 26.4. The second-order valence-corrected chi connectivity index (χ2v) is 6.60. The van der Waals surface area contributed by atoms with Gasteiger partial charge < -0.3 is 25.8 Å². The first-order chi connectivity index (χ1) is 12.2. The van der Waals surface area contributed by atoms with Crippen molar-refractivity contribution in [2.75, 3.05) is 30.5 Å². The van der Waals surface area contributed by atoms with E-state index in [1.807, 2.05) is 6.92 Å². The van der Waals surface area contributed by atoms with Crippen LogP contribution < -0.4 is 16.4 Å². The van der Waals surface area contributed by atoms with Gasteiger partial charge in [-0.1, -0.05) is 0 Å². The third-order valence-electron chi connectivity index (χ3n) is 4.73. The van der Waals surface area contributed by atoms with Crippen LogP contribution in [0, 0.1) is 0 Å². The van der Waals surface area contributed by atoms with E-state index in [0.717, 1.165) is 38.7 Å². The fraction of sp³-hybridized carbons (Fsp3) is 0.706. The summed E-state index contributed by atoms with van der Waals surface area (Å²) in [6.07, 6.45) is 6.84. The number of nitrogens with zero attached hydrogens (tertiary/aromatic N) is 2. The van der Waals surface area contributed by atoms with E-state index in [-0.39, 0.29) is 6.04 Å². The molecule has 2 aliphatic rings. The molecule has 1 aliphatic carbocycles. The molecule has 1 amide bonds. The lowest BCUT2D eigenvalue weighted by atomic mass is 9.93. The van der Waals surface area contributed by atoms with Gasteiger partial charge in [-0.2, -0.15) is 4.98 Å². The van der Waals surface area contributed by atoms with Crippen LogP contribution in [0.4, 0.5) is 11.8 Å². The summed E-state index contributed by atoms with van der Waals surface area (Å²) in [4.78, 5) is 20.4. The Morgan fingerprint density at radius 2 is 2.08 bits per heavy atom. The van der Waals surface area contributed by atoms with Gasteiger partial charge in [0.05, 0.1) is 24.3 Å². The van der Waals surface area contributed by atoms with Gasteiger partial charge in [-0.25, -0.2) is 4.98 Å². The summed E-state index contributed by atoms with van der Waals surface area (Å²) in [6.45, 7) is 4.11. The van der Waals surface area contributed by atoms with Crippen molar-refractivity contribution in [1.82, 2.24) is 9.97 Å². The average Bonchev–Trinajstić information content (AvgIpc) is 3.10. The van der Waals surface area contributed by atoms with Crippen molar-refractivity contribution < 1.29 is 14.3 Å². The number of amides is 1. The van der Waals surface area contributed by atoms with Crippen LogP contribution in [0.2, 0.25) is 0 Å². The number of primary amides is 1. The Kier molecular flexibility index (Phi) is 6.04. The molecule has 2 fully saturated rings. The SMILES string of the molecule is CCOC1CCC(Nc2ncc(C(N)=O)c(N[C@@H]3CCOC3)n2)CC1. The molecule has 1 aromatic heterocycles. The summed E-state index contributed by atoms with van der Waals surface area (Å²) < 4.78 is 11.0. The number of aromatic nitrogens is 2. The van der Waals surface area contributed by atoms with Crippen molar-refractivity contribution in [2.45, 2.75) is 57.2 Å². The Balaban J connectivity index is 1.64. The van der Waals surface area contributed by atoms with Crippen LogP contribution in [0.15, 0.2) is 6.20 Å². The van der Waals surface area contributed by atoms with Crippen LogP contribution in [-0.4, -0.2) is 53.9 Å². The number of hydrogen-bond donors (Lipinski definition) is 3. The molecule has 0 aromatic carbocycles. The molecule has 8 heteroatoms. The fourth-order valence-corrected chi connectivity index (χ4v) is 3.38. The van der Waals surface area contributed by atoms with Gasteiger partial charge in [0.15, 0.2) is 0 Å². The topological polar surface area (TPSA) is 111 Å². The number of anilines is 2. The number of carbonyl (C=O) groups is 1. The van der Waals surface area contributed by atoms with Crippen LogP contribution in [-0.2, 0) is 9.47 Å². The van der Waals surface area contributed by atoms with Gasteiger partial charge in [-0.05, 0) is 39.0 Å². The molecule has 1 aliphatic heterocycles. The molecule has 1 saturated carbocycles. The molecule has 0 spiro atoms. The third kappa shape index (κ3) is 4.79. The minimum atomic E-state index is -0.537. The average molecular weight is 349 g/mol. The van der Waals surface area contributed by atoms with Crippen molar-refractivity contribution in [3.8, 4) is 0 Å². The maximum Gasteiger partial charge on any atom is 0.254 e. The van der Waals surface area contributed by atoms with E-state index < -0.39 is 5.91 Å². The molecule has 1 atom stereocenters. The van der Waals surface area contributed by atoms with Gasteiger partial charge in [0.1, 0.15) is 5.82 Å². The molecule has 2 heterocycles. The van der Waals surface area contributed by atoms with Crippen molar-refractivity contribution in [1.29, 1.82) is 0 Å². The van der Waals surface area contributed by atoms with Crippen molar-refractivity contribution in [2.24, 2.45) is 5.73 Å². The maximum atomic E-state index is 11.6. The summed E-state index contributed by atoms with van der Waals surface area (Å²) in [7, 11) is 0. The predicted octanol–water partition coefficient (Wildman–Crippen LogP) is 1.54. The zero-order valence-electron chi connectivity index (χ0n) is 14.7. The second kappa shape index (κ2) is 8.44. The van der Waals surface area contributed by atoms with Crippen LogP contribution in [0.25, 0.3) is 0 Å². The number of nitrogens with two attached hydrogens (primary N) is 1. The molecule has 0 unspecified atom stereocenters. The number of ether oxygens (including phenoxy) is 2. The second-order valence-electron chi connectivity index (χ2n) is 6.60. The van der Waals surface area contributed by atoms with Crippen molar-refractivity contribution >= 4 is 17.7 Å². The van der Waals surface area contributed by atoms with E-state index in [9.17, 15) is 4.79 Å². The van der Waals surface area contributed by atoms with Gasteiger partial charge in [0, 0.05) is 25.5 Å². The summed E-state index contributed by atoms with van der Waals surface area (Å²) in [5.74, 6) is 0.458. The Hall–Kier alpha value is -1.93. The lowest BCUT2D eigenvalue weighted by Crippen LogP contribution is -2.31. The lowest BCUT2D eigenvalue weighted by molar-refractivity contribution is 0.0346. The molecule has 4 N–H and O–H groups in total. The van der Waals surface area contributed by atoms with E-state index in [1.54, 1.807) is 0 Å². The van der Waals surface area contributed by atoms with Gasteiger partial charge in [0.25, 0.3) is 5.91 Å². The Labute approximate surface area is 147 Å². The van der Waals surface area contributed by atoms with Crippen molar-refractivity contribution in [3.63, 3.8) is 0 Å². The smallest absolute Gasteiger partial charge is 0.254 e. The Bertz CT molecular complexity index is 584. The largest absolute Gasteiger partial charge is 0.379 e. The van der Waals surface area contributed by atoms with Gasteiger partial charge in [-0.3, -0.25) is 4.79 Å². The standard InChI is InChI=1S/C17H27N5O3/c1-2-25-13-5-3-11(4-6-13)21-17-19-9-14(15(18)23)16(22-17)20-12-7-8-24-10-12/h9,11-13H,2-8,10H2,1H3,(H2,18,23)(H2,19,20,21,22)/t11?,12-,13?/m1/s1. The van der Waals surface area contributed by atoms with Gasteiger partial charge >= 0.3 is 0 Å². The zero-order chi connectivity index (χ0) is 17.6. The number of nitrogens with one attached hydrogen (secondary N) is 2. The summed E-state index contributed by atoms with van der Waals surface area (Å²) >= 11 is 0. The zero-order valence-corrected chi connectivity index (χ0v) is 14.7. The highest BCUT2D eigenvalue weighted by atomic mass is 16.5. The first-order valence-corrected chi connectivity index (χ1v) is 9.05. The Morgan fingerprint density at radius 3 is 2.72 bits per heavy atom. The molecule has 8 nitrogen and oxygen atoms in total. The molecular formula is C17H27N5O3. The quantitative estimate of drug-likeness (QED) is 0.684. The van der Waals surface area contributed by atoms with Crippen LogP contribution in [0.5, 0.6) is 0 Å². The van der Waals surface area contributed by atoms with Gasteiger partial charge in [0.2, 0.25) is 5.95 Å². The predicted molar refractivity (Wildman–Crippen MR) is 94.7 cm³/mol. The number of hydrogen-bond acceptors (Lipinski definition) is 7.